The lowest BCUT2D eigenvalue weighted by Gasteiger charge is -2.22. The summed E-state index contributed by atoms with van der Waals surface area (Å²) in [6.07, 6.45) is 2.14. The molecule has 196 valence electrons. The van der Waals surface area contributed by atoms with Gasteiger partial charge in [0.05, 0.1) is 11.4 Å². The zero-order valence-electron chi connectivity index (χ0n) is 21.3. The number of thiazole rings is 1. The van der Waals surface area contributed by atoms with Crippen molar-refractivity contribution in [3.8, 4) is 28.0 Å². The molecule has 3 aromatic heterocycles. The summed E-state index contributed by atoms with van der Waals surface area (Å²) in [6, 6.07) is 10.0. The predicted octanol–water partition coefficient (Wildman–Crippen LogP) is 4.03. The molecule has 1 aliphatic heterocycles. The number of aromatic amines is 1. The van der Waals surface area contributed by atoms with Crippen molar-refractivity contribution in [3.63, 3.8) is 0 Å². The average molecular weight is 534 g/mol. The lowest BCUT2D eigenvalue weighted by atomic mass is 9.95. The van der Waals surface area contributed by atoms with Crippen molar-refractivity contribution < 1.29 is 13.9 Å². The van der Waals surface area contributed by atoms with Crippen LogP contribution in [0, 0.1) is 17.7 Å². The van der Waals surface area contributed by atoms with Crippen molar-refractivity contribution in [1.29, 1.82) is 0 Å². The molecule has 0 spiro atoms. The van der Waals surface area contributed by atoms with E-state index in [4.69, 9.17) is 15.5 Å². The highest BCUT2D eigenvalue weighted by Crippen LogP contribution is 2.48. The maximum Gasteiger partial charge on any atom is 0.265 e. The van der Waals surface area contributed by atoms with E-state index in [9.17, 15) is 9.18 Å². The highest BCUT2D eigenvalue weighted by atomic mass is 32.1. The quantitative estimate of drug-likeness (QED) is 0.368. The normalized spacial score (nSPS) is 20.4. The first kappa shape index (κ1) is 24.6. The number of rotatable bonds is 7. The predicted molar refractivity (Wildman–Crippen MR) is 141 cm³/mol. The number of benzene rings is 1. The maximum atomic E-state index is 13.5. The Morgan fingerprint density at radius 3 is 2.58 bits per heavy atom. The second-order valence-electron chi connectivity index (χ2n) is 10.4. The largest absolute Gasteiger partial charge is 0.474 e. The van der Waals surface area contributed by atoms with Gasteiger partial charge in [0.25, 0.3) is 5.91 Å². The van der Waals surface area contributed by atoms with Gasteiger partial charge in [0.15, 0.2) is 5.01 Å². The Bertz CT molecular complexity index is 1470. The van der Waals surface area contributed by atoms with Crippen LogP contribution in [0.1, 0.15) is 41.7 Å². The first-order chi connectivity index (χ1) is 18.2. The fourth-order valence-electron chi connectivity index (χ4n) is 4.97. The van der Waals surface area contributed by atoms with Gasteiger partial charge in [0.2, 0.25) is 11.7 Å². The Hall–Kier alpha value is -3.70. The number of piperidine rings is 1. The van der Waals surface area contributed by atoms with Gasteiger partial charge in [0.1, 0.15) is 23.1 Å². The van der Waals surface area contributed by atoms with Crippen LogP contribution in [0.4, 0.5) is 4.39 Å². The molecule has 0 bridgehead atoms. The third-order valence-electron chi connectivity index (χ3n) is 7.18. The molecule has 3 atom stereocenters. The van der Waals surface area contributed by atoms with Gasteiger partial charge in [-0.3, -0.25) is 9.89 Å². The summed E-state index contributed by atoms with van der Waals surface area (Å²) in [4.78, 5) is 29.4. The zero-order valence-corrected chi connectivity index (χ0v) is 22.1. The number of hydrogen-bond acceptors (Lipinski definition) is 8. The van der Waals surface area contributed by atoms with E-state index in [1.807, 2.05) is 37.8 Å². The Morgan fingerprint density at radius 2 is 1.95 bits per heavy atom. The fraction of sp³-hybridized carbons (Fsp3) is 0.370. The maximum absolute atomic E-state index is 13.5. The van der Waals surface area contributed by atoms with Crippen molar-refractivity contribution >= 4 is 17.2 Å². The molecule has 4 heterocycles. The number of aromatic nitrogens is 5. The van der Waals surface area contributed by atoms with E-state index in [1.165, 1.54) is 29.8 Å². The number of nitrogens with two attached hydrogens (primary N) is 1. The van der Waals surface area contributed by atoms with E-state index in [1.54, 1.807) is 12.1 Å². The van der Waals surface area contributed by atoms with Crippen LogP contribution in [0.5, 0.6) is 5.88 Å². The first-order valence-electron chi connectivity index (χ1n) is 12.6. The molecule has 1 aromatic carbocycles. The number of carbonyl (C=O) groups excluding carboxylic acids is 1. The third-order valence-corrected chi connectivity index (χ3v) is 8.26. The SMILES string of the molecule is CCc1nc(-c2nc[nH]n2)sc1C(=O)N1C[C@@H]2C(Oc3cc(C(C)(C)N)cc(-c4ccc(F)cc4)n3)[C@@H]2C1. The van der Waals surface area contributed by atoms with Gasteiger partial charge in [-0.05, 0) is 56.2 Å². The fourth-order valence-corrected chi connectivity index (χ4v) is 6.03. The number of pyridine rings is 1. The Labute approximate surface area is 223 Å². The van der Waals surface area contributed by atoms with Gasteiger partial charge in [-0.2, -0.15) is 5.10 Å². The number of nitrogens with one attached hydrogen (secondary N) is 1. The van der Waals surface area contributed by atoms with Crippen molar-refractivity contribution in [2.45, 2.75) is 38.8 Å². The van der Waals surface area contributed by atoms with Crippen LogP contribution in [0.2, 0.25) is 0 Å². The molecular weight excluding hydrogens is 505 g/mol. The molecule has 38 heavy (non-hydrogen) atoms. The molecule has 2 aliphatic rings. The number of likely N-dealkylation sites (tertiary alicyclic amines) is 1. The minimum atomic E-state index is -0.603. The molecule has 1 saturated carbocycles. The third kappa shape index (κ3) is 4.56. The Balaban J connectivity index is 1.17. The van der Waals surface area contributed by atoms with Crippen molar-refractivity contribution in [2.75, 3.05) is 13.1 Å². The summed E-state index contributed by atoms with van der Waals surface area (Å²) in [5.41, 5.74) is 8.91. The van der Waals surface area contributed by atoms with Crippen LogP contribution < -0.4 is 10.5 Å². The van der Waals surface area contributed by atoms with Crippen LogP contribution in [-0.2, 0) is 12.0 Å². The molecule has 1 saturated heterocycles. The summed E-state index contributed by atoms with van der Waals surface area (Å²) >= 11 is 1.34. The topological polar surface area (TPSA) is 123 Å². The molecule has 2 fully saturated rings. The number of halogens is 1. The van der Waals surface area contributed by atoms with Gasteiger partial charge in [-0.25, -0.2) is 19.3 Å². The number of H-pyrrole nitrogens is 1. The standard InChI is InChI=1S/C27H28FN7O2S/c1-4-19-23(38-25(33-19)24-30-13-31-34-24)26(36)35-11-17-18(12-35)22(17)37-21-10-15(27(2,3)29)9-20(32-21)14-5-7-16(28)8-6-14/h5-10,13,17-18,22H,4,11-12,29H2,1-3H3,(H,30,31,34)/t17-,18+,22?. The number of aryl methyl sites for hydroxylation is 1. The van der Waals surface area contributed by atoms with Gasteiger partial charge in [-0.1, -0.05) is 6.92 Å². The number of nitrogens with zero attached hydrogens (tertiary/aromatic N) is 5. The Kier molecular flexibility index (Phi) is 5.99. The molecule has 11 heteroatoms. The second-order valence-corrected chi connectivity index (χ2v) is 11.4. The van der Waals surface area contributed by atoms with Crippen LogP contribution in [-0.4, -0.2) is 55.1 Å². The number of hydrogen-bond donors (Lipinski definition) is 2. The Morgan fingerprint density at radius 1 is 1.21 bits per heavy atom. The highest BCUT2D eigenvalue weighted by Gasteiger charge is 2.59. The molecule has 0 radical (unpaired) electrons. The lowest BCUT2D eigenvalue weighted by molar-refractivity contribution is 0.0755. The molecule has 6 rings (SSSR count). The summed E-state index contributed by atoms with van der Waals surface area (Å²) in [5.74, 6) is 1.17. The molecule has 9 nitrogen and oxygen atoms in total. The second kappa shape index (κ2) is 9.25. The minimum absolute atomic E-state index is 0.00399. The van der Waals surface area contributed by atoms with E-state index in [-0.39, 0.29) is 29.7 Å². The van der Waals surface area contributed by atoms with E-state index in [0.29, 0.717) is 46.8 Å². The van der Waals surface area contributed by atoms with E-state index >= 15 is 0 Å². The van der Waals surface area contributed by atoms with E-state index in [0.717, 1.165) is 16.8 Å². The van der Waals surface area contributed by atoms with Crippen LogP contribution in [0.25, 0.3) is 22.1 Å². The molecule has 4 aromatic rings. The van der Waals surface area contributed by atoms with Gasteiger partial charge in [-0.15, -0.1) is 11.3 Å². The number of fused-ring (bicyclic) bond motifs is 1. The summed E-state index contributed by atoms with van der Waals surface area (Å²) in [7, 11) is 0. The highest BCUT2D eigenvalue weighted by molar-refractivity contribution is 7.17. The van der Waals surface area contributed by atoms with Crippen LogP contribution >= 0.6 is 11.3 Å². The molecule has 1 aliphatic carbocycles. The monoisotopic (exact) mass is 533 g/mol. The van der Waals surface area contributed by atoms with Crippen molar-refractivity contribution in [3.05, 3.63) is 64.7 Å². The smallest absolute Gasteiger partial charge is 0.265 e. The summed E-state index contributed by atoms with van der Waals surface area (Å²) < 4.78 is 19.8. The first-order valence-corrected chi connectivity index (χ1v) is 13.4. The van der Waals surface area contributed by atoms with Gasteiger partial charge < -0.3 is 15.4 Å². The van der Waals surface area contributed by atoms with Gasteiger partial charge in [0, 0.05) is 42.1 Å². The van der Waals surface area contributed by atoms with E-state index in [2.05, 4.69) is 20.2 Å². The lowest BCUT2D eigenvalue weighted by Crippen LogP contribution is -2.33. The number of ether oxygens (including phenoxy) is 1. The van der Waals surface area contributed by atoms with Crippen molar-refractivity contribution in [1.82, 2.24) is 30.0 Å². The molecule has 1 amide bonds. The number of amides is 1. The molecule has 3 N–H and O–H groups in total. The molecular formula is C27H28FN7O2S. The average Bonchev–Trinajstić information content (AvgIpc) is 3.42. The van der Waals surface area contributed by atoms with Crippen molar-refractivity contribution in [2.24, 2.45) is 17.6 Å². The van der Waals surface area contributed by atoms with E-state index < -0.39 is 5.54 Å². The zero-order chi connectivity index (χ0) is 26.6. The van der Waals surface area contributed by atoms with Crippen LogP contribution in [0.3, 0.4) is 0 Å². The molecule has 1 unspecified atom stereocenters. The number of carbonyl (C=O) groups is 1. The summed E-state index contributed by atoms with van der Waals surface area (Å²) in [5, 5.41) is 7.42. The minimum Gasteiger partial charge on any atom is -0.474 e. The summed E-state index contributed by atoms with van der Waals surface area (Å²) in [6.45, 7) is 7.08. The van der Waals surface area contributed by atoms with Crippen LogP contribution in [0.15, 0.2) is 42.7 Å². The van der Waals surface area contributed by atoms with Gasteiger partial charge >= 0.3 is 0 Å².